The number of nitrogens with one attached hydrogen (secondary N) is 2. The van der Waals surface area contributed by atoms with Crippen molar-refractivity contribution in [2.45, 2.75) is 45.7 Å². The molecule has 1 aromatic rings. The number of nitrogens with zero attached hydrogens (tertiary/aromatic N) is 1. The average molecular weight is 362 g/mol. The van der Waals surface area contributed by atoms with Crippen LogP contribution in [0.2, 0.25) is 0 Å². The van der Waals surface area contributed by atoms with E-state index in [1.807, 2.05) is 6.92 Å². The van der Waals surface area contributed by atoms with Gasteiger partial charge in [0.05, 0.1) is 0 Å². The van der Waals surface area contributed by atoms with E-state index in [2.05, 4.69) is 10.3 Å². The Morgan fingerprint density at radius 3 is 2.46 bits per heavy atom. The number of likely N-dealkylation sites (N-methyl/N-ethyl adjacent to an activating group) is 1. The van der Waals surface area contributed by atoms with E-state index in [9.17, 15) is 19.2 Å². The molecule has 1 aromatic heterocycles. The minimum Gasteiger partial charge on any atom is -0.370 e. The molecule has 0 aromatic carbocycles. The van der Waals surface area contributed by atoms with E-state index in [1.54, 1.807) is 19.1 Å². The van der Waals surface area contributed by atoms with Gasteiger partial charge in [-0.1, -0.05) is 6.08 Å². The van der Waals surface area contributed by atoms with E-state index in [1.165, 1.54) is 31.0 Å². The molecule has 8 nitrogen and oxygen atoms in total. The summed E-state index contributed by atoms with van der Waals surface area (Å²) in [6.45, 7) is 4.82. The topological polar surface area (TPSA) is 125 Å². The van der Waals surface area contributed by atoms with Gasteiger partial charge in [-0.3, -0.25) is 19.2 Å². The van der Waals surface area contributed by atoms with Gasteiger partial charge in [-0.15, -0.1) is 0 Å². The second kappa shape index (κ2) is 9.55. The molecule has 1 rings (SSSR count). The summed E-state index contributed by atoms with van der Waals surface area (Å²) in [5, 5.41) is 2.73. The van der Waals surface area contributed by atoms with Crippen LogP contribution >= 0.6 is 0 Å². The Kier molecular flexibility index (Phi) is 7.77. The first kappa shape index (κ1) is 21.1. The van der Waals surface area contributed by atoms with E-state index in [0.29, 0.717) is 5.69 Å². The maximum Gasteiger partial charge on any atom is 0.270 e. The molecule has 0 bridgehead atoms. The van der Waals surface area contributed by atoms with E-state index in [-0.39, 0.29) is 24.5 Å². The van der Waals surface area contributed by atoms with E-state index >= 15 is 0 Å². The second-order valence-corrected chi connectivity index (χ2v) is 6.24. The van der Waals surface area contributed by atoms with Crippen LogP contribution in [0.4, 0.5) is 0 Å². The van der Waals surface area contributed by atoms with Gasteiger partial charge in [0, 0.05) is 25.2 Å². The van der Waals surface area contributed by atoms with Crippen LogP contribution in [0.15, 0.2) is 24.3 Å². The smallest absolute Gasteiger partial charge is 0.270 e. The molecule has 0 saturated carbocycles. The standard InChI is InChI=1S/C18H26N4O4/c1-11-5-9-15(20-11)18(26)22(4)13(3)17(25)21-14(7-6-12(2)23)8-10-16(19)24/h5-7,9,13-14,20H,8,10H2,1-4H3,(H2,19,24)(H,21,25)/b7-6+/t13-,14+/m0/s1. The summed E-state index contributed by atoms with van der Waals surface area (Å²) in [5.41, 5.74) is 6.38. The number of H-pyrrole nitrogens is 1. The molecule has 0 fully saturated rings. The molecular formula is C18H26N4O4. The number of primary amides is 1. The molecule has 0 unspecified atom stereocenters. The van der Waals surface area contributed by atoms with E-state index in [4.69, 9.17) is 5.73 Å². The van der Waals surface area contributed by atoms with Gasteiger partial charge in [-0.2, -0.15) is 0 Å². The highest BCUT2D eigenvalue weighted by molar-refractivity contribution is 5.96. The summed E-state index contributed by atoms with van der Waals surface area (Å²) in [7, 11) is 1.53. The van der Waals surface area contributed by atoms with Crippen molar-refractivity contribution < 1.29 is 19.2 Å². The number of aromatic amines is 1. The Balaban J connectivity index is 2.77. The van der Waals surface area contributed by atoms with Crippen molar-refractivity contribution in [3.63, 3.8) is 0 Å². The molecule has 0 spiro atoms. The molecule has 0 aliphatic carbocycles. The van der Waals surface area contributed by atoms with Crippen molar-refractivity contribution in [2.75, 3.05) is 7.05 Å². The molecule has 2 atom stereocenters. The zero-order valence-electron chi connectivity index (χ0n) is 15.5. The lowest BCUT2D eigenvalue weighted by Crippen LogP contribution is -2.48. The minimum atomic E-state index is -0.743. The molecule has 1 heterocycles. The van der Waals surface area contributed by atoms with Gasteiger partial charge in [-0.25, -0.2) is 0 Å². The van der Waals surface area contributed by atoms with E-state index in [0.717, 1.165) is 5.69 Å². The summed E-state index contributed by atoms with van der Waals surface area (Å²) in [4.78, 5) is 51.2. The number of aryl methyl sites for hydroxylation is 1. The fourth-order valence-electron chi connectivity index (χ4n) is 2.24. The number of amides is 3. The molecule has 8 heteroatoms. The Hall–Kier alpha value is -2.90. The lowest BCUT2D eigenvalue weighted by molar-refractivity contribution is -0.125. The third-order valence-corrected chi connectivity index (χ3v) is 3.94. The Bertz CT molecular complexity index is 708. The van der Waals surface area contributed by atoms with Crippen molar-refractivity contribution in [1.29, 1.82) is 0 Å². The van der Waals surface area contributed by atoms with Crippen molar-refractivity contribution in [2.24, 2.45) is 5.73 Å². The lowest BCUT2D eigenvalue weighted by Gasteiger charge is -2.25. The third-order valence-electron chi connectivity index (χ3n) is 3.94. The van der Waals surface area contributed by atoms with Crippen molar-refractivity contribution in [1.82, 2.24) is 15.2 Å². The number of hydrogen-bond acceptors (Lipinski definition) is 4. The fraction of sp³-hybridized carbons (Fsp3) is 0.444. The predicted octanol–water partition coefficient (Wildman–Crippen LogP) is 0.679. The number of nitrogens with two attached hydrogens (primary N) is 1. The summed E-state index contributed by atoms with van der Waals surface area (Å²) >= 11 is 0. The molecule has 0 aliphatic heterocycles. The zero-order chi connectivity index (χ0) is 19.9. The maximum atomic E-state index is 12.5. The molecule has 0 radical (unpaired) electrons. The van der Waals surface area contributed by atoms with Crippen molar-refractivity contribution >= 4 is 23.5 Å². The molecule has 3 amide bonds. The normalized spacial score (nSPS) is 13.2. The van der Waals surface area contributed by atoms with Gasteiger partial charge in [0.1, 0.15) is 11.7 Å². The van der Waals surface area contributed by atoms with Crippen molar-refractivity contribution in [3.05, 3.63) is 35.7 Å². The number of ketones is 1. The van der Waals surface area contributed by atoms with Crippen LogP contribution in [0.25, 0.3) is 0 Å². The highest BCUT2D eigenvalue weighted by atomic mass is 16.2. The Labute approximate surface area is 152 Å². The molecule has 26 heavy (non-hydrogen) atoms. The predicted molar refractivity (Wildman–Crippen MR) is 97.3 cm³/mol. The van der Waals surface area contributed by atoms with Gasteiger partial charge >= 0.3 is 0 Å². The van der Waals surface area contributed by atoms with Crippen LogP contribution in [-0.4, -0.2) is 52.5 Å². The number of rotatable bonds is 9. The largest absolute Gasteiger partial charge is 0.370 e. The number of carbonyl (C=O) groups excluding carboxylic acids is 4. The van der Waals surface area contributed by atoms with Gasteiger partial charge in [0.25, 0.3) is 5.91 Å². The van der Waals surface area contributed by atoms with Crippen LogP contribution in [-0.2, 0) is 14.4 Å². The van der Waals surface area contributed by atoms with Gasteiger partial charge in [0.2, 0.25) is 11.8 Å². The summed E-state index contributed by atoms with van der Waals surface area (Å²) in [6.07, 6.45) is 3.18. The highest BCUT2D eigenvalue weighted by Crippen LogP contribution is 2.08. The summed E-state index contributed by atoms with van der Waals surface area (Å²) in [5.74, 6) is -1.38. The van der Waals surface area contributed by atoms with Crippen LogP contribution in [0.5, 0.6) is 0 Å². The van der Waals surface area contributed by atoms with Gasteiger partial charge in [-0.05, 0) is 45.4 Å². The maximum absolute atomic E-state index is 12.5. The average Bonchev–Trinajstić information content (AvgIpc) is 3.01. The molecule has 142 valence electrons. The van der Waals surface area contributed by atoms with Crippen molar-refractivity contribution in [3.8, 4) is 0 Å². The number of aromatic nitrogens is 1. The number of hydrogen-bond donors (Lipinski definition) is 3. The van der Waals surface area contributed by atoms with Crippen LogP contribution in [0, 0.1) is 6.92 Å². The first-order valence-electron chi connectivity index (χ1n) is 8.32. The molecular weight excluding hydrogens is 336 g/mol. The number of carbonyl (C=O) groups is 4. The molecule has 4 N–H and O–H groups in total. The fourth-order valence-corrected chi connectivity index (χ4v) is 2.24. The van der Waals surface area contributed by atoms with E-state index < -0.39 is 23.9 Å². The van der Waals surface area contributed by atoms with Gasteiger partial charge < -0.3 is 20.9 Å². The first-order chi connectivity index (χ1) is 12.1. The Morgan fingerprint density at radius 2 is 1.96 bits per heavy atom. The quantitative estimate of drug-likeness (QED) is 0.558. The van der Waals surface area contributed by atoms with Crippen LogP contribution < -0.4 is 11.1 Å². The molecule has 0 aliphatic rings. The highest BCUT2D eigenvalue weighted by Gasteiger charge is 2.25. The van der Waals surface area contributed by atoms with Crippen LogP contribution in [0.1, 0.15) is 42.9 Å². The Morgan fingerprint density at radius 1 is 1.31 bits per heavy atom. The number of allylic oxidation sites excluding steroid dienone is 1. The van der Waals surface area contributed by atoms with Crippen LogP contribution in [0.3, 0.4) is 0 Å². The lowest BCUT2D eigenvalue weighted by atomic mass is 10.1. The third kappa shape index (κ3) is 6.54. The first-order valence-corrected chi connectivity index (χ1v) is 8.32. The second-order valence-electron chi connectivity index (χ2n) is 6.24. The summed E-state index contributed by atoms with van der Waals surface area (Å²) < 4.78 is 0. The monoisotopic (exact) mass is 362 g/mol. The zero-order valence-corrected chi connectivity index (χ0v) is 15.5. The summed E-state index contributed by atoms with van der Waals surface area (Å²) in [6, 6.07) is 2.16. The minimum absolute atomic E-state index is 0.0676. The SMILES string of the molecule is CC(=O)/C=C/[C@H](CCC(N)=O)NC(=O)[C@H](C)N(C)C(=O)c1ccc(C)[nH]1. The molecule has 0 saturated heterocycles. The van der Waals surface area contributed by atoms with Gasteiger partial charge in [0.15, 0.2) is 5.78 Å².